The Balaban J connectivity index is 1.25. The number of ether oxygens (including phenoxy) is 1. The molecule has 1 aliphatic heterocycles. The van der Waals surface area contributed by atoms with Gasteiger partial charge in [0.2, 0.25) is 0 Å². The number of esters is 1. The summed E-state index contributed by atoms with van der Waals surface area (Å²) in [6.07, 6.45) is 7.10. The van der Waals surface area contributed by atoms with E-state index in [-0.39, 0.29) is 41.5 Å². The molecule has 7 nitrogen and oxygen atoms in total. The maximum Gasteiger partial charge on any atom is 0.338 e. The van der Waals surface area contributed by atoms with Crippen LogP contribution in [0.1, 0.15) is 40.7 Å². The van der Waals surface area contributed by atoms with Gasteiger partial charge in [0.05, 0.1) is 30.2 Å². The molecule has 0 spiro atoms. The molecule has 4 aliphatic carbocycles. The Labute approximate surface area is 198 Å². The summed E-state index contributed by atoms with van der Waals surface area (Å²) < 4.78 is 7.11. The van der Waals surface area contributed by atoms with Crippen molar-refractivity contribution in [3.63, 3.8) is 0 Å². The minimum atomic E-state index is -0.343. The van der Waals surface area contributed by atoms with Crippen molar-refractivity contribution in [2.45, 2.75) is 27.2 Å². The molecular weight excluding hydrogens is 430 g/mol. The Hall–Kier alpha value is -3.48. The molecule has 2 aromatic rings. The highest BCUT2D eigenvalue weighted by molar-refractivity contribution is 6.06. The van der Waals surface area contributed by atoms with E-state index in [1.807, 2.05) is 32.0 Å². The van der Waals surface area contributed by atoms with E-state index in [1.54, 1.807) is 25.3 Å². The van der Waals surface area contributed by atoms with Crippen LogP contribution in [0.3, 0.4) is 0 Å². The summed E-state index contributed by atoms with van der Waals surface area (Å²) in [6, 6.07) is 9.22. The highest BCUT2D eigenvalue weighted by atomic mass is 16.5. The van der Waals surface area contributed by atoms with Crippen LogP contribution in [0.5, 0.6) is 0 Å². The molecule has 2 heterocycles. The lowest BCUT2D eigenvalue weighted by Gasteiger charge is -2.37. The van der Waals surface area contributed by atoms with Gasteiger partial charge in [0.15, 0.2) is 0 Å². The monoisotopic (exact) mass is 457 g/mol. The Kier molecular flexibility index (Phi) is 4.66. The van der Waals surface area contributed by atoms with Crippen molar-refractivity contribution < 1.29 is 19.1 Å². The fourth-order valence-electron chi connectivity index (χ4n) is 6.45. The maximum atomic E-state index is 13.2. The summed E-state index contributed by atoms with van der Waals surface area (Å²) in [6.45, 7) is 6.07. The molecule has 2 bridgehead atoms. The van der Waals surface area contributed by atoms with Gasteiger partial charge < -0.3 is 9.30 Å². The number of imide groups is 1. The van der Waals surface area contributed by atoms with Crippen LogP contribution in [-0.4, -0.2) is 40.2 Å². The third-order valence-corrected chi connectivity index (χ3v) is 8.06. The second-order valence-electron chi connectivity index (χ2n) is 9.82. The summed E-state index contributed by atoms with van der Waals surface area (Å²) in [5.41, 5.74) is 4.17. The largest absolute Gasteiger partial charge is 0.462 e. The molecule has 174 valence electrons. The highest BCUT2D eigenvalue weighted by Gasteiger charge is 2.67. The third kappa shape index (κ3) is 2.95. The lowest BCUT2D eigenvalue weighted by molar-refractivity contribution is -0.140. The van der Waals surface area contributed by atoms with Crippen LogP contribution in [0, 0.1) is 49.4 Å². The van der Waals surface area contributed by atoms with Gasteiger partial charge in [-0.15, -0.1) is 0 Å². The minimum Gasteiger partial charge on any atom is -0.462 e. The summed E-state index contributed by atoms with van der Waals surface area (Å²) in [5.74, 6) is 0.404. The number of aromatic nitrogens is 1. The number of aryl methyl sites for hydroxylation is 1. The predicted molar refractivity (Wildman–Crippen MR) is 125 cm³/mol. The van der Waals surface area contributed by atoms with Crippen molar-refractivity contribution in [1.29, 1.82) is 0 Å². The molecule has 34 heavy (non-hydrogen) atoms. The molecule has 2 amide bonds. The van der Waals surface area contributed by atoms with E-state index in [1.165, 1.54) is 0 Å². The van der Waals surface area contributed by atoms with Crippen LogP contribution in [0.2, 0.25) is 0 Å². The van der Waals surface area contributed by atoms with Gasteiger partial charge in [0.25, 0.3) is 11.8 Å². The van der Waals surface area contributed by atoms with Crippen LogP contribution in [0.25, 0.3) is 5.69 Å². The topological polar surface area (TPSA) is 81.0 Å². The minimum absolute atomic E-state index is 0.153. The first-order valence-electron chi connectivity index (χ1n) is 12.0. The average molecular weight is 458 g/mol. The number of allylic oxidation sites excluding steroid dienone is 2. The molecule has 1 aromatic carbocycles. The van der Waals surface area contributed by atoms with Crippen molar-refractivity contribution in [1.82, 2.24) is 9.58 Å². The zero-order valence-corrected chi connectivity index (χ0v) is 19.5. The van der Waals surface area contributed by atoms with Crippen molar-refractivity contribution in [2.24, 2.45) is 40.6 Å². The van der Waals surface area contributed by atoms with E-state index >= 15 is 0 Å². The van der Waals surface area contributed by atoms with Crippen molar-refractivity contribution in [3.8, 4) is 5.69 Å². The van der Waals surface area contributed by atoms with Gasteiger partial charge in [-0.1, -0.05) is 12.2 Å². The maximum absolute atomic E-state index is 13.2. The molecule has 0 N–H and O–H groups in total. The lowest BCUT2D eigenvalue weighted by atomic mass is 9.63. The van der Waals surface area contributed by atoms with E-state index in [4.69, 9.17) is 4.74 Å². The molecule has 2 saturated carbocycles. The second kappa shape index (κ2) is 7.52. The van der Waals surface area contributed by atoms with E-state index in [0.29, 0.717) is 24.0 Å². The van der Waals surface area contributed by atoms with Crippen molar-refractivity contribution in [2.75, 3.05) is 6.61 Å². The number of hydrogen-bond donors (Lipinski definition) is 0. The first kappa shape index (κ1) is 21.1. The number of carbonyl (C=O) groups is 3. The molecule has 5 aliphatic rings. The van der Waals surface area contributed by atoms with E-state index in [0.717, 1.165) is 34.1 Å². The fraction of sp³-hybridized carbons (Fsp3) is 0.407. The number of rotatable bonds is 5. The number of benzene rings is 1. The Morgan fingerprint density at radius 2 is 1.68 bits per heavy atom. The first-order chi connectivity index (χ1) is 16.4. The summed E-state index contributed by atoms with van der Waals surface area (Å²) in [7, 11) is 0. The van der Waals surface area contributed by atoms with E-state index in [2.05, 4.69) is 21.8 Å². The number of hydrogen-bond acceptors (Lipinski definition) is 5. The van der Waals surface area contributed by atoms with Crippen molar-refractivity contribution >= 4 is 24.0 Å². The normalized spacial score (nSPS) is 30.7. The predicted octanol–water partition coefficient (Wildman–Crippen LogP) is 3.66. The van der Waals surface area contributed by atoms with Gasteiger partial charge in [0, 0.05) is 22.6 Å². The lowest BCUT2D eigenvalue weighted by Crippen LogP contribution is -2.40. The average Bonchev–Trinajstić information content (AvgIpc) is 3.56. The van der Waals surface area contributed by atoms with Gasteiger partial charge in [-0.2, -0.15) is 10.1 Å². The third-order valence-electron chi connectivity index (χ3n) is 8.06. The Bertz CT molecular complexity index is 1240. The SMILES string of the molecule is CCOC(=O)c1ccc(-n2c(C)cc(/C=N\N3C(=O)[C@@H]4[C@H]5C=C[C@@H]([C@@H]6C[C@@H]56)[C@@H]4C3=O)c2C)cc1. The number of carbonyl (C=O) groups excluding carboxylic acids is 3. The number of hydrazone groups is 1. The number of amides is 2. The molecule has 0 radical (unpaired) electrons. The molecule has 1 aromatic heterocycles. The summed E-state index contributed by atoms with van der Waals surface area (Å²) in [4.78, 5) is 38.2. The smallest absolute Gasteiger partial charge is 0.338 e. The molecule has 3 fully saturated rings. The van der Waals surface area contributed by atoms with Crippen molar-refractivity contribution in [3.05, 3.63) is 65.0 Å². The highest BCUT2D eigenvalue weighted by Crippen LogP contribution is 2.65. The van der Waals surface area contributed by atoms with E-state index < -0.39 is 0 Å². The summed E-state index contributed by atoms with van der Waals surface area (Å²) in [5, 5.41) is 5.51. The number of nitrogens with zero attached hydrogens (tertiary/aromatic N) is 3. The van der Waals surface area contributed by atoms with Gasteiger partial charge in [-0.05, 0) is 81.2 Å². The zero-order chi connectivity index (χ0) is 23.7. The molecule has 7 rings (SSSR count). The molecule has 0 unspecified atom stereocenters. The Morgan fingerprint density at radius 3 is 2.26 bits per heavy atom. The van der Waals surface area contributed by atoms with E-state index in [9.17, 15) is 14.4 Å². The molecule has 7 heteroatoms. The molecule has 1 saturated heterocycles. The van der Waals surface area contributed by atoms with Crippen LogP contribution in [0.15, 0.2) is 47.6 Å². The standard InChI is InChI=1S/C27H27N3O4/c1-4-34-27(33)16-5-7-18(8-6-16)29-14(2)11-17(15(29)3)13-28-30-25(31)23-19-9-10-20(22-12-21(19)22)24(23)26(30)32/h5-11,13,19-24H,4,12H2,1-3H3/b28-13-/t19-,20-,21-,22-,23-,24+/m0/s1. The summed E-state index contributed by atoms with van der Waals surface area (Å²) >= 11 is 0. The molecule has 6 atom stereocenters. The zero-order valence-electron chi connectivity index (χ0n) is 19.5. The first-order valence-corrected chi connectivity index (χ1v) is 12.0. The van der Waals surface area contributed by atoms with Crippen LogP contribution >= 0.6 is 0 Å². The van der Waals surface area contributed by atoms with Gasteiger partial charge in [-0.25, -0.2) is 4.79 Å². The van der Waals surface area contributed by atoms with Gasteiger partial charge in [0.1, 0.15) is 0 Å². The van der Waals surface area contributed by atoms with Gasteiger partial charge >= 0.3 is 5.97 Å². The quantitative estimate of drug-likeness (QED) is 0.297. The second-order valence-corrected chi connectivity index (χ2v) is 9.82. The van der Waals surface area contributed by atoms with Gasteiger partial charge in [-0.3, -0.25) is 9.59 Å². The van der Waals surface area contributed by atoms with Crippen LogP contribution in [-0.2, 0) is 14.3 Å². The van der Waals surface area contributed by atoms with Crippen LogP contribution < -0.4 is 0 Å². The van der Waals surface area contributed by atoms with Crippen LogP contribution in [0.4, 0.5) is 0 Å². The Morgan fingerprint density at radius 1 is 1.06 bits per heavy atom. The molecular formula is C27H27N3O4. The fourth-order valence-corrected chi connectivity index (χ4v) is 6.45.